The highest BCUT2D eigenvalue weighted by Crippen LogP contribution is 2.18. The van der Waals surface area contributed by atoms with Crippen molar-refractivity contribution in [2.24, 2.45) is 0 Å². The Kier molecular flexibility index (Phi) is 8.80. The number of ether oxygens (including phenoxy) is 1. The fraction of sp³-hybridized carbons (Fsp3) is 0.357. The van der Waals surface area contributed by atoms with Gasteiger partial charge in [0, 0.05) is 50.0 Å². The van der Waals surface area contributed by atoms with Crippen molar-refractivity contribution in [3.63, 3.8) is 0 Å². The van der Waals surface area contributed by atoms with E-state index in [1.165, 1.54) is 33.7 Å². The number of benzene rings is 1. The number of carbonyl (C=O) groups excluding carboxylic acids is 3. The van der Waals surface area contributed by atoms with E-state index in [1.807, 2.05) is 0 Å². The third-order valence-corrected chi connectivity index (χ3v) is 6.45. The minimum absolute atomic E-state index is 0.0326. The molecule has 0 aliphatic carbocycles. The molecule has 1 atom stereocenters. The molecule has 1 aromatic carbocycles. The summed E-state index contributed by atoms with van der Waals surface area (Å²) < 4.78 is 20.5. The number of nitrogens with zero attached hydrogens (tertiary/aromatic N) is 3. The fourth-order valence-electron chi connectivity index (χ4n) is 4.32. The van der Waals surface area contributed by atoms with Crippen LogP contribution in [-0.4, -0.2) is 70.5 Å². The number of likely N-dealkylation sites (tertiary alicyclic amines) is 1. The number of hydrogen-bond donors (Lipinski definition) is 2. The molecule has 0 bridgehead atoms. The number of nitrogens with one attached hydrogen (secondary N) is 2. The SMILES string of the molecule is CN(C)C(=O)/C=C/CC[C@H](OC(=O)N1CCCC1)C(=O)Nc1cccn(Cc2cc3cc(F)ccc3[nH]2)c1=O. The van der Waals surface area contributed by atoms with Gasteiger partial charge in [0.25, 0.3) is 11.5 Å². The van der Waals surface area contributed by atoms with E-state index in [4.69, 9.17) is 4.74 Å². The number of H-pyrrole nitrogens is 1. The lowest BCUT2D eigenvalue weighted by molar-refractivity contribution is -0.125. The van der Waals surface area contributed by atoms with E-state index in [0.717, 1.165) is 18.4 Å². The quantitative estimate of drug-likeness (QED) is 0.406. The van der Waals surface area contributed by atoms with Crippen LogP contribution < -0.4 is 10.9 Å². The molecule has 4 rings (SSSR count). The zero-order valence-corrected chi connectivity index (χ0v) is 22.0. The fourth-order valence-corrected chi connectivity index (χ4v) is 4.32. The highest BCUT2D eigenvalue weighted by molar-refractivity contribution is 5.95. The van der Waals surface area contributed by atoms with E-state index in [-0.39, 0.29) is 30.4 Å². The number of allylic oxidation sites excluding steroid dienone is 1. The van der Waals surface area contributed by atoms with Crippen molar-refractivity contribution in [2.45, 2.75) is 38.3 Å². The van der Waals surface area contributed by atoms with Crippen LogP contribution in [0.3, 0.4) is 0 Å². The van der Waals surface area contributed by atoms with Crippen LogP contribution >= 0.6 is 0 Å². The minimum atomic E-state index is -1.16. The van der Waals surface area contributed by atoms with Crippen LogP contribution in [0, 0.1) is 5.82 Å². The van der Waals surface area contributed by atoms with Crippen molar-refractivity contribution in [2.75, 3.05) is 32.5 Å². The summed E-state index contributed by atoms with van der Waals surface area (Å²) in [6, 6.07) is 9.26. The van der Waals surface area contributed by atoms with E-state index in [2.05, 4.69) is 10.3 Å². The number of anilines is 1. The summed E-state index contributed by atoms with van der Waals surface area (Å²) in [5.74, 6) is -1.18. The smallest absolute Gasteiger partial charge is 0.410 e. The zero-order chi connectivity index (χ0) is 27.9. The molecule has 2 aromatic heterocycles. The number of rotatable bonds is 9. The first kappa shape index (κ1) is 27.6. The maximum Gasteiger partial charge on any atom is 0.410 e. The van der Waals surface area contributed by atoms with E-state index in [9.17, 15) is 23.6 Å². The predicted molar refractivity (Wildman–Crippen MR) is 145 cm³/mol. The molecule has 3 amide bonds. The Morgan fingerprint density at radius 3 is 2.69 bits per heavy atom. The predicted octanol–water partition coefficient (Wildman–Crippen LogP) is 3.48. The molecule has 1 saturated heterocycles. The number of fused-ring (bicyclic) bond motifs is 1. The van der Waals surface area contributed by atoms with E-state index >= 15 is 0 Å². The molecular weight excluding hydrogens is 505 g/mol. The maximum absolute atomic E-state index is 13.5. The monoisotopic (exact) mass is 537 g/mol. The molecule has 2 N–H and O–H groups in total. The van der Waals surface area contributed by atoms with Crippen molar-refractivity contribution >= 4 is 34.5 Å². The van der Waals surface area contributed by atoms with Crippen LogP contribution in [-0.2, 0) is 20.9 Å². The van der Waals surface area contributed by atoms with Gasteiger partial charge in [-0.2, -0.15) is 0 Å². The van der Waals surface area contributed by atoms with Crippen molar-refractivity contribution in [1.82, 2.24) is 19.4 Å². The van der Waals surface area contributed by atoms with Gasteiger partial charge in [-0.05, 0) is 68.2 Å². The van der Waals surface area contributed by atoms with Crippen LogP contribution in [0.2, 0.25) is 0 Å². The second kappa shape index (κ2) is 12.4. The lowest BCUT2D eigenvalue weighted by Crippen LogP contribution is -2.39. The molecule has 0 spiro atoms. The summed E-state index contributed by atoms with van der Waals surface area (Å²) in [4.78, 5) is 56.8. The van der Waals surface area contributed by atoms with Gasteiger partial charge in [0.1, 0.15) is 11.5 Å². The number of hydrogen-bond acceptors (Lipinski definition) is 5. The highest BCUT2D eigenvalue weighted by atomic mass is 19.1. The summed E-state index contributed by atoms with van der Waals surface area (Å²) >= 11 is 0. The normalized spacial score (nSPS) is 14.1. The average Bonchev–Trinajstić information content (AvgIpc) is 3.57. The first-order valence-electron chi connectivity index (χ1n) is 12.8. The van der Waals surface area contributed by atoms with Gasteiger partial charge in [0.15, 0.2) is 6.10 Å². The molecule has 0 unspecified atom stereocenters. The number of likely N-dealkylation sites (N-methyl/N-ethyl adjacent to an activating group) is 1. The molecule has 10 nitrogen and oxygen atoms in total. The minimum Gasteiger partial charge on any atom is -0.436 e. The largest absolute Gasteiger partial charge is 0.436 e. The summed E-state index contributed by atoms with van der Waals surface area (Å²) in [5, 5.41) is 3.29. The van der Waals surface area contributed by atoms with Crippen molar-refractivity contribution in [1.29, 1.82) is 0 Å². The molecule has 1 aliphatic heterocycles. The van der Waals surface area contributed by atoms with Crippen LogP contribution in [0.15, 0.2) is 59.5 Å². The van der Waals surface area contributed by atoms with Crippen molar-refractivity contribution in [3.05, 3.63) is 76.6 Å². The van der Waals surface area contributed by atoms with Crippen molar-refractivity contribution < 1.29 is 23.5 Å². The van der Waals surface area contributed by atoms with Gasteiger partial charge in [0.2, 0.25) is 5.91 Å². The van der Waals surface area contributed by atoms with Gasteiger partial charge in [-0.25, -0.2) is 9.18 Å². The van der Waals surface area contributed by atoms with E-state index in [0.29, 0.717) is 30.6 Å². The first-order chi connectivity index (χ1) is 18.7. The summed E-state index contributed by atoms with van der Waals surface area (Å²) in [5.41, 5.74) is 1.02. The number of aromatic nitrogens is 2. The van der Waals surface area contributed by atoms with Gasteiger partial charge in [-0.3, -0.25) is 14.4 Å². The van der Waals surface area contributed by atoms with Crippen molar-refractivity contribution in [3.8, 4) is 0 Å². The number of pyridine rings is 1. The Labute approximate surface area is 225 Å². The van der Waals surface area contributed by atoms with E-state index < -0.39 is 23.7 Å². The second-order valence-corrected chi connectivity index (χ2v) is 9.65. The summed E-state index contributed by atoms with van der Waals surface area (Å²) in [6.45, 7) is 1.30. The zero-order valence-electron chi connectivity index (χ0n) is 22.0. The summed E-state index contributed by atoms with van der Waals surface area (Å²) in [6.07, 6.45) is 5.05. The lowest BCUT2D eigenvalue weighted by Gasteiger charge is -2.21. The number of carbonyl (C=O) groups is 3. The maximum atomic E-state index is 13.5. The molecule has 3 heterocycles. The van der Waals surface area contributed by atoms with Gasteiger partial charge in [0.05, 0.1) is 6.54 Å². The Hall–Kier alpha value is -4.41. The number of aromatic amines is 1. The van der Waals surface area contributed by atoms with Gasteiger partial charge in [-0.15, -0.1) is 0 Å². The summed E-state index contributed by atoms with van der Waals surface area (Å²) in [7, 11) is 3.26. The third-order valence-electron chi connectivity index (χ3n) is 6.45. The van der Waals surface area contributed by atoms with Gasteiger partial charge >= 0.3 is 6.09 Å². The average molecular weight is 538 g/mol. The molecule has 39 heavy (non-hydrogen) atoms. The number of amides is 3. The van der Waals surface area contributed by atoms with Crippen LogP contribution in [0.1, 0.15) is 31.4 Å². The molecule has 0 radical (unpaired) electrons. The first-order valence-corrected chi connectivity index (χ1v) is 12.8. The van der Waals surface area contributed by atoms with Crippen LogP contribution in [0.4, 0.5) is 14.9 Å². The third kappa shape index (κ3) is 7.13. The number of halogens is 1. The van der Waals surface area contributed by atoms with Gasteiger partial charge in [-0.1, -0.05) is 6.08 Å². The lowest BCUT2D eigenvalue weighted by atomic mass is 10.1. The Morgan fingerprint density at radius 1 is 1.18 bits per heavy atom. The highest BCUT2D eigenvalue weighted by Gasteiger charge is 2.27. The molecule has 11 heteroatoms. The Balaban J connectivity index is 1.47. The second-order valence-electron chi connectivity index (χ2n) is 9.65. The molecule has 3 aromatic rings. The molecule has 206 valence electrons. The van der Waals surface area contributed by atoms with Crippen LogP contribution in [0.25, 0.3) is 10.9 Å². The topological polar surface area (TPSA) is 117 Å². The Morgan fingerprint density at radius 2 is 1.95 bits per heavy atom. The molecule has 1 fully saturated rings. The molecule has 1 aliphatic rings. The Bertz CT molecular complexity index is 1440. The van der Waals surface area contributed by atoms with Crippen LogP contribution in [0.5, 0.6) is 0 Å². The van der Waals surface area contributed by atoms with E-state index in [1.54, 1.807) is 49.5 Å². The standard InChI is InChI=1S/C28H32FN5O5/c1-32(2)25(35)10-4-3-9-24(39-28(38)33-13-5-6-14-33)26(36)31-23-8-7-15-34(27(23)37)18-21-17-19-16-20(29)11-12-22(19)30-21/h4,7-8,10-12,15-17,24,30H,3,5-6,9,13-14,18H2,1-2H3,(H,31,36)/b10-4+/t24-/m0/s1. The molecular formula is C28H32FN5O5. The molecule has 0 saturated carbocycles. The van der Waals surface area contributed by atoms with Gasteiger partial charge < -0.3 is 29.4 Å².